The third kappa shape index (κ3) is 3.68. The van der Waals surface area contributed by atoms with E-state index in [1.54, 1.807) is 36.0 Å². The zero-order valence-electron chi connectivity index (χ0n) is 12.7. The maximum Gasteiger partial charge on any atom is 0.319 e. The van der Waals surface area contributed by atoms with E-state index in [4.69, 9.17) is 5.73 Å². The normalized spacial score (nSPS) is 16.1. The second-order valence-corrected chi connectivity index (χ2v) is 6.55. The van der Waals surface area contributed by atoms with Gasteiger partial charge in [-0.2, -0.15) is 0 Å². The maximum atomic E-state index is 13.5. The molecule has 1 heterocycles. The average molecular weight is 345 g/mol. The minimum absolute atomic E-state index is 0.253. The summed E-state index contributed by atoms with van der Waals surface area (Å²) < 4.78 is 13.5. The molecule has 0 spiro atoms. The van der Waals surface area contributed by atoms with Gasteiger partial charge in [-0.1, -0.05) is 6.07 Å². The highest BCUT2D eigenvalue weighted by atomic mass is 32.2. The van der Waals surface area contributed by atoms with E-state index in [9.17, 15) is 14.0 Å². The molecule has 1 aliphatic rings. The Morgan fingerprint density at radius 1 is 1.21 bits per heavy atom. The number of thioether (sulfide) groups is 1. The number of urea groups is 1. The minimum Gasteiger partial charge on any atom is -0.366 e. The van der Waals surface area contributed by atoms with Crippen molar-refractivity contribution in [2.24, 2.45) is 5.73 Å². The predicted octanol–water partition coefficient (Wildman–Crippen LogP) is 3.28. The van der Waals surface area contributed by atoms with E-state index < -0.39 is 11.9 Å². The minimum atomic E-state index is -0.562. The molecule has 0 aromatic heterocycles. The van der Waals surface area contributed by atoms with Gasteiger partial charge in [0.1, 0.15) is 5.82 Å². The number of primary amides is 1. The topological polar surface area (TPSA) is 84.2 Å². The van der Waals surface area contributed by atoms with E-state index in [1.807, 2.05) is 0 Å². The molecule has 0 saturated heterocycles. The van der Waals surface area contributed by atoms with Gasteiger partial charge in [-0.05, 0) is 48.4 Å². The van der Waals surface area contributed by atoms with Crippen LogP contribution >= 0.6 is 11.8 Å². The van der Waals surface area contributed by atoms with E-state index >= 15 is 0 Å². The van der Waals surface area contributed by atoms with Crippen molar-refractivity contribution in [2.75, 3.05) is 11.1 Å². The second kappa shape index (κ2) is 6.92. The number of halogens is 1. The molecule has 3 amide bonds. The number of rotatable bonds is 3. The number of amides is 3. The summed E-state index contributed by atoms with van der Waals surface area (Å²) in [6.45, 7) is 0. The Balaban J connectivity index is 1.71. The number of fused-ring (bicyclic) bond motifs is 1. The van der Waals surface area contributed by atoms with Gasteiger partial charge in [0, 0.05) is 21.9 Å². The van der Waals surface area contributed by atoms with E-state index in [2.05, 4.69) is 10.6 Å². The van der Waals surface area contributed by atoms with Crippen molar-refractivity contribution < 1.29 is 14.0 Å². The number of carbonyl (C=O) groups excluding carboxylic acids is 2. The first-order chi connectivity index (χ1) is 11.5. The van der Waals surface area contributed by atoms with Crippen molar-refractivity contribution in [2.45, 2.75) is 17.4 Å². The first kappa shape index (κ1) is 16.3. The molecule has 124 valence electrons. The summed E-state index contributed by atoms with van der Waals surface area (Å²) in [5, 5.41) is 5.52. The summed E-state index contributed by atoms with van der Waals surface area (Å²) in [5.74, 6) is -0.0359. The highest BCUT2D eigenvalue weighted by molar-refractivity contribution is 7.99. The lowest BCUT2D eigenvalue weighted by atomic mass is 10.0. The van der Waals surface area contributed by atoms with E-state index in [-0.39, 0.29) is 11.9 Å². The van der Waals surface area contributed by atoms with Crippen LogP contribution in [0.15, 0.2) is 47.4 Å². The first-order valence-corrected chi connectivity index (χ1v) is 8.41. The number of nitrogens with two attached hydrogens (primary N) is 1. The molecular weight excluding hydrogens is 329 g/mol. The number of hydrogen-bond acceptors (Lipinski definition) is 3. The van der Waals surface area contributed by atoms with Crippen LogP contribution in [0, 0.1) is 5.82 Å². The number of anilines is 1. The van der Waals surface area contributed by atoms with E-state index in [0.29, 0.717) is 11.3 Å². The van der Waals surface area contributed by atoms with Crippen LogP contribution in [-0.4, -0.2) is 17.7 Å². The van der Waals surface area contributed by atoms with Gasteiger partial charge >= 0.3 is 6.03 Å². The zero-order chi connectivity index (χ0) is 17.1. The smallest absolute Gasteiger partial charge is 0.319 e. The molecule has 0 fully saturated rings. The Labute approximate surface area is 142 Å². The number of carbonyl (C=O) groups is 2. The molecule has 2 aromatic rings. The van der Waals surface area contributed by atoms with Crippen LogP contribution in [0.5, 0.6) is 0 Å². The van der Waals surface area contributed by atoms with Gasteiger partial charge in [-0.3, -0.25) is 4.79 Å². The molecule has 1 unspecified atom stereocenters. The summed E-state index contributed by atoms with van der Waals surface area (Å²) in [6, 6.07) is 10.3. The molecular formula is C17H16FN3O2S. The van der Waals surface area contributed by atoms with Gasteiger partial charge in [0.25, 0.3) is 0 Å². The van der Waals surface area contributed by atoms with Gasteiger partial charge in [-0.15, -0.1) is 11.8 Å². The van der Waals surface area contributed by atoms with Crippen molar-refractivity contribution >= 4 is 29.4 Å². The van der Waals surface area contributed by atoms with Crippen LogP contribution in [0.3, 0.4) is 0 Å². The second-order valence-electron chi connectivity index (χ2n) is 5.42. The Morgan fingerprint density at radius 3 is 2.83 bits per heavy atom. The monoisotopic (exact) mass is 345 g/mol. The SMILES string of the molecule is NC(=O)c1cccc(NC(=O)NC2CCSc3ccc(F)cc32)c1. The van der Waals surface area contributed by atoms with Gasteiger partial charge in [-0.25, -0.2) is 9.18 Å². The summed E-state index contributed by atoms with van der Waals surface area (Å²) in [7, 11) is 0. The van der Waals surface area contributed by atoms with Crippen LogP contribution in [0.2, 0.25) is 0 Å². The third-order valence-corrected chi connectivity index (χ3v) is 4.84. The molecule has 0 radical (unpaired) electrons. The molecule has 0 saturated carbocycles. The lowest BCUT2D eigenvalue weighted by Crippen LogP contribution is -2.34. The van der Waals surface area contributed by atoms with Gasteiger partial charge in [0.15, 0.2) is 0 Å². The Morgan fingerprint density at radius 2 is 2.04 bits per heavy atom. The Kier molecular flexibility index (Phi) is 4.71. The number of benzene rings is 2. The van der Waals surface area contributed by atoms with Crippen molar-refractivity contribution in [1.82, 2.24) is 5.32 Å². The molecule has 3 rings (SSSR count). The molecule has 24 heavy (non-hydrogen) atoms. The number of hydrogen-bond donors (Lipinski definition) is 3. The third-order valence-electron chi connectivity index (χ3n) is 3.72. The Hall–Kier alpha value is -2.54. The fourth-order valence-electron chi connectivity index (χ4n) is 2.59. The summed E-state index contributed by atoms with van der Waals surface area (Å²) >= 11 is 1.65. The quantitative estimate of drug-likeness (QED) is 0.798. The van der Waals surface area contributed by atoms with Crippen LogP contribution in [0.25, 0.3) is 0 Å². The average Bonchev–Trinajstić information content (AvgIpc) is 2.55. The van der Waals surface area contributed by atoms with Crippen LogP contribution in [0.4, 0.5) is 14.9 Å². The zero-order valence-corrected chi connectivity index (χ0v) is 13.5. The van der Waals surface area contributed by atoms with Crippen molar-refractivity contribution in [1.29, 1.82) is 0 Å². The Bertz CT molecular complexity index is 797. The van der Waals surface area contributed by atoms with Gasteiger partial charge in [0.2, 0.25) is 5.91 Å². The molecule has 5 nitrogen and oxygen atoms in total. The first-order valence-electron chi connectivity index (χ1n) is 7.42. The van der Waals surface area contributed by atoms with Crippen molar-refractivity contribution in [3.63, 3.8) is 0 Å². The highest BCUT2D eigenvalue weighted by Gasteiger charge is 2.23. The standard InChI is InChI=1S/C17H16FN3O2S/c18-11-4-5-15-13(9-11)14(6-7-24-15)21-17(23)20-12-3-1-2-10(8-12)16(19)22/h1-5,8-9,14H,6-7H2,(H2,19,22)(H2,20,21,23). The molecule has 1 atom stereocenters. The fourth-order valence-corrected chi connectivity index (χ4v) is 3.70. The number of nitrogens with one attached hydrogen (secondary N) is 2. The lowest BCUT2D eigenvalue weighted by Gasteiger charge is -2.26. The maximum absolute atomic E-state index is 13.5. The van der Waals surface area contributed by atoms with Crippen LogP contribution < -0.4 is 16.4 Å². The highest BCUT2D eigenvalue weighted by Crippen LogP contribution is 2.36. The van der Waals surface area contributed by atoms with Crippen molar-refractivity contribution in [3.8, 4) is 0 Å². The lowest BCUT2D eigenvalue weighted by molar-refractivity contribution is 0.1000. The van der Waals surface area contributed by atoms with E-state index in [1.165, 1.54) is 18.2 Å². The molecule has 4 N–H and O–H groups in total. The largest absolute Gasteiger partial charge is 0.366 e. The van der Waals surface area contributed by atoms with E-state index in [0.717, 1.165) is 22.6 Å². The summed E-state index contributed by atoms with van der Waals surface area (Å²) in [4.78, 5) is 24.4. The fraction of sp³-hybridized carbons (Fsp3) is 0.176. The van der Waals surface area contributed by atoms with Crippen LogP contribution in [0.1, 0.15) is 28.4 Å². The molecule has 2 aromatic carbocycles. The summed E-state index contributed by atoms with van der Waals surface area (Å²) in [5.41, 5.74) is 6.79. The van der Waals surface area contributed by atoms with Crippen LogP contribution in [-0.2, 0) is 0 Å². The molecule has 1 aliphatic heterocycles. The predicted molar refractivity (Wildman–Crippen MR) is 91.6 cm³/mol. The van der Waals surface area contributed by atoms with Gasteiger partial charge in [0.05, 0.1) is 6.04 Å². The molecule has 0 aliphatic carbocycles. The van der Waals surface area contributed by atoms with Gasteiger partial charge < -0.3 is 16.4 Å². The molecule has 7 heteroatoms. The molecule has 0 bridgehead atoms. The van der Waals surface area contributed by atoms with Crippen molar-refractivity contribution in [3.05, 3.63) is 59.4 Å². The summed E-state index contributed by atoms with van der Waals surface area (Å²) in [6.07, 6.45) is 0.718.